The fourth-order valence-electron chi connectivity index (χ4n) is 3.04. The summed E-state index contributed by atoms with van der Waals surface area (Å²) in [6.07, 6.45) is 1.78. The first-order valence-corrected chi connectivity index (χ1v) is 8.88. The second-order valence-corrected chi connectivity index (χ2v) is 6.47. The van der Waals surface area contributed by atoms with E-state index in [1.54, 1.807) is 18.3 Å². The van der Waals surface area contributed by atoms with E-state index in [9.17, 15) is 4.39 Å². The number of fused-ring (bicyclic) bond motifs is 2. The van der Waals surface area contributed by atoms with Gasteiger partial charge < -0.3 is 5.32 Å². The van der Waals surface area contributed by atoms with Crippen LogP contribution in [0.2, 0.25) is 0 Å². The predicted octanol–water partition coefficient (Wildman–Crippen LogP) is 5.45. The van der Waals surface area contributed by atoms with Crippen molar-refractivity contribution in [2.75, 3.05) is 5.32 Å². The second-order valence-electron chi connectivity index (χ2n) is 6.06. The maximum atomic E-state index is 13.0. The monoisotopic (exact) mass is 373 g/mol. The van der Waals surface area contributed by atoms with Crippen molar-refractivity contribution in [2.45, 2.75) is 0 Å². The lowest BCUT2D eigenvalue weighted by atomic mass is 9.97. The summed E-state index contributed by atoms with van der Waals surface area (Å²) in [6.45, 7) is 0. The fraction of sp³-hybridized carbons (Fsp3) is 0. The summed E-state index contributed by atoms with van der Waals surface area (Å²) >= 11 is 5.25. The van der Waals surface area contributed by atoms with Gasteiger partial charge in [-0.05, 0) is 64.1 Å². The Morgan fingerprint density at radius 3 is 2.07 bits per heavy atom. The molecule has 0 heterocycles. The summed E-state index contributed by atoms with van der Waals surface area (Å²) in [5, 5.41) is 12.2. The number of hydrogen-bond donors (Lipinski definition) is 2. The standard InChI is InChI=1S/C22H16FN3S/c23-17-9-11-18(12-10-17)25-22(27)26-24-14-21-19-7-3-1-5-15(19)13-16-6-2-4-8-20(16)21/h1-14H,(H2,25,26,27)/b24-14+. The van der Waals surface area contributed by atoms with Crippen molar-refractivity contribution in [3.8, 4) is 0 Å². The first-order chi connectivity index (χ1) is 13.2. The summed E-state index contributed by atoms with van der Waals surface area (Å²) in [5.74, 6) is -0.291. The van der Waals surface area contributed by atoms with Crippen molar-refractivity contribution < 1.29 is 4.39 Å². The third kappa shape index (κ3) is 3.78. The van der Waals surface area contributed by atoms with Crippen LogP contribution >= 0.6 is 12.2 Å². The van der Waals surface area contributed by atoms with Crippen LogP contribution in [0.3, 0.4) is 0 Å². The highest BCUT2D eigenvalue weighted by Gasteiger charge is 2.05. The van der Waals surface area contributed by atoms with Crippen molar-refractivity contribution >= 4 is 50.8 Å². The van der Waals surface area contributed by atoms with Crippen LogP contribution < -0.4 is 10.7 Å². The number of benzene rings is 4. The molecule has 0 bridgehead atoms. The predicted molar refractivity (Wildman–Crippen MR) is 115 cm³/mol. The molecule has 0 aromatic heterocycles. The van der Waals surface area contributed by atoms with Gasteiger partial charge in [-0.25, -0.2) is 4.39 Å². The maximum Gasteiger partial charge on any atom is 0.191 e. The zero-order chi connectivity index (χ0) is 18.6. The molecule has 0 unspecified atom stereocenters. The molecule has 3 nitrogen and oxygen atoms in total. The molecular formula is C22H16FN3S. The Balaban J connectivity index is 1.60. The van der Waals surface area contributed by atoms with E-state index in [4.69, 9.17) is 12.2 Å². The molecule has 0 amide bonds. The summed E-state index contributed by atoms with van der Waals surface area (Å²) in [6, 6.07) is 24.6. The second kappa shape index (κ2) is 7.51. The molecule has 0 atom stereocenters. The molecule has 0 saturated carbocycles. The van der Waals surface area contributed by atoms with Gasteiger partial charge in [-0.3, -0.25) is 5.43 Å². The van der Waals surface area contributed by atoms with Gasteiger partial charge in [-0.1, -0.05) is 48.5 Å². The minimum atomic E-state index is -0.291. The SMILES string of the molecule is Fc1ccc(NC(=S)N/N=C/c2c3ccccc3cc3ccccc23)cc1. The summed E-state index contributed by atoms with van der Waals surface area (Å²) < 4.78 is 13.0. The van der Waals surface area contributed by atoms with Crippen molar-refractivity contribution in [3.05, 3.63) is 90.2 Å². The van der Waals surface area contributed by atoms with E-state index in [0.29, 0.717) is 10.8 Å². The van der Waals surface area contributed by atoms with E-state index in [1.165, 1.54) is 12.1 Å². The highest BCUT2D eigenvalue weighted by atomic mass is 32.1. The minimum absolute atomic E-state index is 0.291. The van der Waals surface area contributed by atoms with Crippen molar-refractivity contribution in [1.29, 1.82) is 0 Å². The average molecular weight is 373 g/mol. The van der Waals surface area contributed by atoms with Gasteiger partial charge in [0.1, 0.15) is 5.82 Å². The third-order valence-corrected chi connectivity index (χ3v) is 4.47. The lowest BCUT2D eigenvalue weighted by Crippen LogP contribution is -2.23. The Morgan fingerprint density at radius 2 is 1.44 bits per heavy atom. The zero-order valence-corrected chi connectivity index (χ0v) is 15.1. The number of hydrogen-bond acceptors (Lipinski definition) is 2. The number of nitrogens with one attached hydrogen (secondary N) is 2. The number of thiocarbonyl (C=S) groups is 1. The van der Waals surface area contributed by atoms with Crippen LogP contribution in [0.15, 0.2) is 84.0 Å². The molecule has 0 saturated heterocycles. The molecule has 2 N–H and O–H groups in total. The molecular weight excluding hydrogens is 357 g/mol. The number of nitrogens with zero attached hydrogens (tertiary/aromatic N) is 1. The van der Waals surface area contributed by atoms with E-state index in [0.717, 1.165) is 27.1 Å². The number of rotatable bonds is 3. The Hall–Kier alpha value is -3.31. The highest BCUT2D eigenvalue weighted by Crippen LogP contribution is 2.27. The topological polar surface area (TPSA) is 36.4 Å². The zero-order valence-electron chi connectivity index (χ0n) is 14.3. The minimum Gasteiger partial charge on any atom is -0.331 e. The van der Waals surface area contributed by atoms with Crippen LogP contribution in [0.4, 0.5) is 10.1 Å². The van der Waals surface area contributed by atoms with E-state index < -0.39 is 0 Å². The molecule has 0 aliphatic carbocycles. The molecule has 0 fully saturated rings. The first-order valence-electron chi connectivity index (χ1n) is 8.47. The van der Waals surface area contributed by atoms with Crippen LogP contribution in [0.5, 0.6) is 0 Å². The summed E-state index contributed by atoms with van der Waals surface area (Å²) in [7, 11) is 0. The molecule has 4 aromatic rings. The van der Waals surface area contributed by atoms with Crippen LogP contribution in [0.25, 0.3) is 21.5 Å². The Labute approximate surface area is 161 Å². The van der Waals surface area contributed by atoms with Gasteiger partial charge in [0.25, 0.3) is 0 Å². The van der Waals surface area contributed by atoms with E-state index in [2.05, 4.69) is 46.2 Å². The molecule has 4 rings (SSSR count). The lowest BCUT2D eigenvalue weighted by Gasteiger charge is -2.09. The van der Waals surface area contributed by atoms with Crippen LogP contribution in [0.1, 0.15) is 5.56 Å². The quantitative estimate of drug-likeness (QED) is 0.217. The third-order valence-electron chi connectivity index (χ3n) is 4.27. The molecule has 0 aliphatic rings. The van der Waals surface area contributed by atoms with Gasteiger partial charge >= 0.3 is 0 Å². The summed E-state index contributed by atoms with van der Waals surface area (Å²) in [4.78, 5) is 0. The first kappa shape index (κ1) is 17.1. The maximum absolute atomic E-state index is 13.0. The van der Waals surface area contributed by atoms with Crippen LogP contribution in [-0.2, 0) is 0 Å². The largest absolute Gasteiger partial charge is 0.331 e. The molecule has 0 spiro atoms. The molecule has 132 valence electrons. The number of hydrazone groups is 1. The Kier molecular flexibility index (Phi) is 4.77. The smallest absolute Gasteiger partial charge is 0.191 e. The number of anilines is 1. The van der Waals surface area contributed by atoms with E-state index in [-0.39, 0.29) is 5.82 Å². The molecule has 27 heavy (non-hydrogen) atoms. The fourth-order valence-corrected chi connectivity index (χ4v) is 3.21. The van der Waals surface area contributed by atoms with Crippen LogP contribution in [-0.4, -0.2) is 11.3 Å². The normalized spacial score (nSPS) is 11.1. The van der Waals surface area contributed by atoms with Crippen molar-refractivity contribution in [3.63, 3.8) is 0 Å². The van der Waals surface area contributed by atoms with Gasteiger partial charge in [0.05, 0.1) is 6.21 Å². The lowest BCUT2D eigenvalue weighted by molar-refractivity contribution is 0.628. The summed E-state index contributed by atoms with van der Waals surface area (Å²) in [5.41, 5.74) is 4.54. The molecule has 5 heteroatoms. The van der Waals surface area contributed by atoms with Crippen molar-refractivity contribution in [2.24, 2.45) is 5.10 Å². The van der Waals surface area contributed by atoms with Gasteiger partial charge in [0.2, 0.25) is 0 Å². The van der Waals surface area contributed by atoms with Gasteiger partial charge in [0.15, 0.2) is 5.11 Å². The Bertz CT molecular complexity index is 1100. The van der Waals surface area contributed by atoms with E-state index >= 15 is 0 Å². The van der Waals surface area contributed by atoms with Gasteiger partial charge in [-0.15, -0.1) is 0 Å². The van der Waals surface area contributed by atoms with Gasteiger partial charge in [-0.2, -0.15) is 5.10 Å². The highest BCUT2D eigenvalue weighted by molar-refractivity contribution is 7.80. The Morgan fingerprint density at radius 1 is 0.852 bits per heavy atom. The molecule has 4 aromatic carbocycles. The molecule has 0 aliphatic heterocycles. The average Bonchev–Trinajstić information content (AvgIpc) is 2.69. The van der Waals surface area contributed by atoms with Gasteiger partial charge in [0, 0.05) is 11.3 Å². The molecule has 0 radical (unpaired) electrons. The van der Waals surface area contributed by atoms with Crippen molar-refractivity contribution in [1.82, 2.24) is 5.43 Å². The van der Waals surface area contributed by atoms with Crippen LogP contribution in [0, 0.1) is 5.82 Å². The number of halogens is 1. The van der Waals surface area contributed by atoms with E-state index in [1.807, 2.05) is 24.3 Å².